The molecule has 3 rings (SSSR count). The molecule has 1 saturated heterocycles. The Labute approximate surface area is 164 Å². The van der Waals surface area contributed by atoms with Crippen LogP contribution < -0.4 is 10.1 Å². The largest absolute Gasteiger partial charge is 0.494 e. The van der Waals surface area contributed by atoms with E-state index >= 15 is 0 Å². The maximum absolute atomic E-state index is 12.4. The zero-order chi connectivity index (χ0) is 19.9. The lowest BCUT2D eigenvalue weighted by atomic mass is 9.90. The van der Waals surface area contributed by atoms with Crippen LogP contribution in [0.4, 0.5) is 11.4 Å². The number of methoxy groups -OCH3 is 1. The number of ether oxygens (including phenoxy) is 1. The monoisotopic (exact) mass is 383 g/mol. The van der Waals surface area contributed by atoms with E-state index in [9.17, 15) is 14.9 Å². The molecule has 1 aliphatic heterocycles. The van der Waals surface area contributed by atoms with Crippen molar-refractivity contribution >= 4 is 17.3 Å². The third-order valence-corrected chi connectivity index (χ3v) is 5.11. The molecule has 0 aromatic heterocycles. The third kappa shape index (κ3) is 5.29. The molecule has 1 amide bonds. The van der Waals surface area contributed by atoms with Gasteiger partial charge in [0.05, 0.1) is 30.3 Å². The molecule has 0 unspecified atom stereocenters. The number of piperidine rings is 1. The summed E-state index contributed by atoms with van der Waals surface area (Å²) in [6.07, 6.45) is 3.23. The van der Waals surface area contributed by atoms with Crippen molar-refractivity contribution in [2.75, 3.05) is 32.1 Å². The second kappa shape index (κ2) is 9.32. The number of carbonyl (C=O) groups is 1. The quantitative estimate of drug-likeness (QED) is 0.584. The number of hydrogen-bond acceptors (Lipinski definition) is 5. The molecule has 7 heteroatoms. The van der Waals surface area contributed by atoms with Crippen LogP contribution in [0, 0.1) is 16.0 Å². The number of non-ortho nitro benzene ring substituents is 1. The van der Waals surface area contributed by atoms with E-state index in [0.717, 1.165) is 32.4 Å². The number of anilines is 1. The Bertz CT molecular complexity index is 818. The number of carbonyl (C=O) groups excluding carboxylic acids is 1. The van der Waals surface area contributed by atoms with Crippen molar-refractivity contribution in [3.8, 4) is 5.75 Å². The Morgan fingerprint density at radius 1 is 1.21 bits per heavy atom. The van der Waals surface area contributed by atoms with E-state index < -0.39 is 4.92 Å². The maximum atomic E-state index is 12.4. The predicted molar refractivity (Wildman–Crippen MR) is 108 cm³/mol. The van der Waals surface area contributed by atoms with Crippen molar-refractivity contribution in [1.82, 2.24) is 4.90 Å². The highest BCUT2D eigenvalue weighted by Gasteiger charge is 2.22. The minimum absolute atomic E-state index is 0.0738. The van der Waals surface area contributed by atoms with Gasteiger partial charge in [-0.15, -0.1) is 0 Å². The maximum Gasteiger partial charge on any atom is 0.273 e. The summed E-state index contributed by atoms with van der Waals surface area (Å²) in [6, 6.07) is 14.7. The molecule has 2 aromatic rings. The molecule has 0 aliphatic carbocycles. The molecule has 7 nitrogen and oxygen atoms in total. The fraction of sp³-hybridized carbons (Fsp3) is 0.381. The van der Waals surface area contributed by atoms with Crippen molar-refractivity contribution < 1.29 is 14.5 Å². The van der Waals surface area contributed by atoms with Crippen molar-refractivity contribution in [1.29, 1.82) is 0 Å². The van der Waals surface area contributed by atoms with Gasteiger partial charge in [0.25, 0.3) is 5.69 Å². The zero-order valence-electron chi connectivity index (χ0n) is 16.0. The number of nitrogens with one attached hydrogen (secondary N) is 1. The number of nitro benzene ring substituents is 1. The molecule has 1 N–H and O–H groups in total. The summed E-state index contributed by atoms with van der Waals surface area (Å²) in [5.74, 6) is 0.786. The van der Waals surface area contributed by atoms with Crippen LogP contribution in [0.2, 0.25) is 0 Å². The Hall–Kier alpha value is -2.93. The van der Waals surface area contributed by atoms with E-state index in [0.29, 0.717) is 18.2 Å². The van der Waals surface area contributed by atoms with Gasteiger partial charge in [0.1, 0.15) is 5.75 Å². The normalized spacial score (nSPS) is 15.2. The minimum Gasteiger partial charge on any atom is -0.494 e. The SMILES string of the molecule is COc1cc([N+](=O)[O-])ccc1NC(=O)CN1CCC(Cc2ccccc2)CC1. The zero-order valence-corrected chi connectivity index (χ0v) is 16.0. The summed E-state index contributed by atoms with van der Waals surface area (Å²) in [4.78, 5) is 24.9. The van der Waals surface area contributed by atoms with Gasteiger partial charge in [-0.05, 0) is 49.9 Å². The van der Waals surface area contributed by atoms with Gasteiger partial charge in [0.2, 0.25) is 5.91 Å². The minimum atomic E-state index is -0.492. The van der Waals surface area contributed by atoms with E-state index in [1.165, 1.54) is 30.9 Å². The fourth-order valence-corrected chi connectivity index (χ4v) is 3.59. The summed E-state index contributed by atoms with van der Waals surface area (Å²) >= 11 is 0. The van der Waals surface area contributed by atoms with Crippen LogP contribution in [-0.2, 0) is 11.2 Å². The van der Waals surface area contributed by atoms with Crippen LogP contribution in [0.15, 0.2) is 48.5 Å². The number of amides is 1. The Kier molecular flexibility index (Phi) is 6.60. The summed E-state index contributed by atoms with van der Waals surface area (Å²) in [5, 5.41) is 13.7. The molecule has 0 radical (unpaired) electrons. The highest BCUT2D eigenvalue weighted by atomic mass is 16.6. The highest BCUT2D eigenvalue weighted by Crippen LogP contribution is 2.29. The molecule has 0 bridgehead atoms. The van der Waals surface area contributed by atoms with Crippen LogP contribution in [0.5, 0.6) is 5.75 Å². The van der Waals surface area contributed by atoms with Crippen LogP contribution in [0.3, 0.4) is 0 Å². The van der Waals surface area contributed by atoms with Crippen molar-refractivity contribution in [3.63, 3.8) is 0 Å². The molecule has 1 heterocycles. The Morgan fingerprint density at radius 2 is 1.93 bits per heavy atom. The first-order valence-corrected chi connectivity index (χ1v) is 9.43. The summed E-state index contributed by atoms with van der Waals surface area (Å²) < 4.78 is 5.16. The number of hydrogen-bond donors (Lipinski definition) is 1. The van der Waals surface area contributed by atoms with Crippen molar-refractivity contribution in [2.45, 2.75) is 19.3 Å². The molecule has 0 spiro atoms. The predicted octanol–water partition coefficient (Wildman–Crippen LogP) is 3.50. The van der Waals surface area contributed by atoms with Crippen LogP contribution in [0.1, 0.15) is 18.4 Å². The third-order valence-electron chi connectivity index (χ3n) is 5.11. The van der Waals surface area contributed by atoms with Crippen molar-refractivity contribution in [2.24, 2.45) is 5.92 Å². The molecule has 1 fully saturated rings. The first-order valence-electron chi connectivity index (χ1n) is 9.43. The highest BCUT2D eigenvalue weighted by molar-refractivity contribution is 5.93. The van der Waals surface area contributed by atoms with Gasteiger partial charge in [-0.3, -0.25) is 19.8 Å². The second-order valence-electron chi connectivity index (χ2n) is 7.10. The van der Waals surface area contributed by atoms with Gasteiger partial charge >= 0.3 is 0 Å². The van der Waals surface area contributed by atoms with E-state index in [-0.39, 0.29) is 17.3 Å². The lowest BCUT2D eigenvalue weighted by Crippen LogP contribution is -2.39. The number of rotatable bonds is 7. The second-order valence-corrected chi connectivity index (χ2v) is 7.10. The van der Waals surface area contributed by atoms with Crippen molar-refractivity contribution in [3.05, 3.63) is 64.2 Å². The van der Waals surface area contributed by atoms with Crippen LogP contribution in [-0.4, -0.2) is 42.5 Å². The Morgan fingerprint density at radius 3 is 2.57 bits per heavy atom. The number of nitro groups is 1. The smallest absolute Gasteiger partial charge is 0.273 e. The van der Waals surface area contributed by atoms with Gasteiger partial charge in [-0.25, -0.2) is 0 Å². The average molecular weight is 383 g/mol. The first-order chi connectivity index (χ1) is 13.5. The average Bonchev–Trinajstić information content (AvgIpc) is 2.70. The lowest BCUT2D eigenvalue weighted by molar-refractivity contribution is -0.384. The van der Waals surface area contributed by atoms with Crippen LogP contribution in [0.25, 0.3) is 0 Å². The number of nitrogens with zero attached hydrogens (tertiary/aromatic N) is 2. The molecule has 1 aliphatic rings. The lowest BCUT2D eigenvalue weighted by Gasteiger charge is -2.31. The first kappa shape index (κ1) is 19.8. The van der Waals surface area contributed by atoms with E-state index in [4.69, 9.17) is 4.74 Å². The van der Waals surface area contributed by atoms with Gasteiger partial charge in [-0.1, -0.05) is 30.3 Å². The molecule has 0 atom stereocenters. The van der Waals surface area contributed by atoms with Gasteiger partial charge in [0, 0.05) is 6.07 Å². The Balaban J connectivity index is 1.49. The van der Waals surface area contributed by atoms with Gasteiger partial charge in [-0.2, -0.15) is 0 Å². The molecular weight excluding hydrogens is 358 g/mol. The van der Waals surface area contributed by atoms with Gasteiger partial charge in [0.15, 0.2) is 0 Å². The topological polar surface area (TPSA) is 84.7 Å². The number of benzene rings is 2. The molecule has 148 valence electrons. The molecule has 28 heavy (non-hydrogen) atoms. The standard InChI is InChI=1S/C21H25N3O4/c1-28-20-14-18(24(26)27)7-8-19(20)22-21(25)15-23-11-9-17(10-12-23)13-16-5-3-2-4-6-16/h2-8,14,17H,9-13,15H2,1H3,(H,22,25). The number of likely N-dealkylation sites (tertiary alicyclic amines) is 1. The van der Waals surface area contributed by atoms with E-state index in [1.54, 1.807) is 0 Å². The molecule has 0 saturated carbocycles. The molecule has 2 aromatic carbocycles. The summed E-state index contributed by atoms with van der Waals surface area (Å²) in [6.45, 7) is 2.09. The van der Waals surface area contributed by atoms with E-state index in [2.05, 4.69) is 34.5 Å². The fourth-order valence-electron chi connectivity index (χ4n) is 3.59. The summed E-state index contributed by atoms with van der Waals surface area (Å²) in [7, 11) is 1.42. The molecular formula is C21H25N3O4. The van der Waals surface area contributed by atoms with Gasteiger partial charge < -0.3 is 10.1 Å². The van der Waals surface area contributed by atoms with E-state index in [1.807, 2.05) is 6.07 Å². The van der Waals surface area contributed by atoms with Crippen LogP contribution >= 0.6 is 0 Å². The summed E-state index contributed by atoms with van der Waals surface area (Å²) in [5.41, 5.74) is 1.73.